The number of aromatic nitrogens is 1. The van der Waals surface area contributed by atoms with Crippen LogP contribution in [0.5, 0.6) is 0 Å². The van der Waals surface area contributed by atoms with Gasteiger partial charge in [0, 0.05) is 11.6 Å². The van der Waals surface area contributed by atoms with Gasteiger partial charge >= 0.3 is 0 Å². The molecule has 0 bridgehead atoms. The Morgan fingerprint density at radius 3 is 2.82 bits per heavy atom. The molecule has 2 heteroatoms. The Bertz CT molecular complexity index is 560. The lowest BCUT2D eigenvalue weighted by Crippen LogP contribution is -2.05. The van der Waals surface area contributed by atoms with Crippen molar-refractivity contribution in [3.05, 3.63) is 42.1 Å². The molecule has 88 valence electrons. The summed E-state index contributed by atoms with van der Waals surface area (Å²) in [4.78, 5) is 4.35. The number of hydrogen-bond acceptors (Lipinski definition) is 2. The van der Waals surface area contributed by atoms with Crippen molar-refractivity contribution >= 4 is 10.9 Å². The molecule has 1 fully saturated rings. The summed E-state index contributed by atoms with van der Waals surface area (Å²) in [7, 11) is 0. The maximum atomic E-state index is 5.84. The van der Waals surface area contributed by atoms with Gasteiger partial charge in [0.1, 0.15) is 0 Å². The third-order valence-electron chi connectivity index (χ3n) is 4.29. The number of fused-ring (bicyclic) bond motifs is 1. The van der Waals surface area contributed by atoms with Crippen molar-refractivity contribution in [2.75, 3.05) is 6.54 Å². The van der Waals surface area contributed by atoms with Gasteiger partial charge in [0.25, 0.3) is 0 Å². The van der Waals surface area contributed by atoms with Crippen LogP contribution < -0.4 is 5.73 Å². The van der Waals surface area contributed by atoms with Crippen molar-refractivity contribution in [2.45, 2.75) is 19.8 Å². The molecule has 1 aromatic carbocycles. The highest BCUT2D eigenvalue weighted by molar-refractivity contribution is 5.79. The van der Waals surface area contributed by atoms with E-state index in [1.165, 1.54) is 10.9 Å². The molecular weight excluding hydrogens is 208 g/mol. The molecule has 1 aromatic heterocycles. The van der Waals surface area contributed by atoms with Gasteiger partial charge in [-0.05, 0) is 47.6 Å². The van der Waals surface area contributed by atoms with Crippen LogP contribution in [0, 0.1) is 11.3 Å². The quantitative estimate of drug-likeness (QED) is 0.855. The summed E-state index contributed by atoms with van der Waals surface area (Å²) in [6.07, 6.45) is 1.84. The fourth-order valence-electron chi connectivity index (χ4n) is 3.13. The molecule has 0 spiro atoms. The van der Waals surface area contributed by atoms with Gasteiger partial charge in [0.15, 0.2) is 0 Å². The Hall–Kier alpha value is -1.41. The van der Waals surface area contributed by atoms with E-state index in [-0.39, 0.29) is 0 Å². The SMILES string of the molecule is CC1(C)[C@@H](CN)[C@@H]1c1ccc2ncccc2c1. The summed E-state index contributed by atoms with van der Waals surface area (Å²) < 4.78 is 0. The molecule has 2 atom stereocenters. The second kappa shape index (κ2) is 3.54. The van der Waals surface area contributed by atoms with E-state index in [2.05, 4.69) is 43.1 Å². The Morgan fingerprint density at radius 1 is 1.29 bits per heavy atom. The van der Waals surface area contributed by atoms with Crippen LogP contribution in [0.1, 0.15) is 25.3 Å². The standard InChI is InChI=1S/C15H18N2/c1-15(2)12(9-16)14(15)11-5-6-13-10(8-11)4-3-7-17-13/h3-8,12,14H,9,16H2,1-2H3/t12-,14-/m0/s1. The van der Waals surface area contributed by atoms with E-state index in [1.807, 2.05) is 12.3 Å². The summed E-state index contributed by atoms with van der Waals surface area (Å²) in [6.45, 7) is 5.40. The zero-order valence-corrected chi connectivity index (χ0v) is 10.4. The molecule has 1 aliphatic rings. The summed E-state index contributed by atoms with van der Waals surface area (Å²) in [5.74, 6) is 1.23. The van der Waals surface area contributed by atoms with Gasteiger partial charge < -0.3 is 5.73 Å². The highest BCUT2D eigenvalue weighted by atomic mass is 14.7. The molecule has 2 N–H and O–H groups in total. The molecule has 1 aliphatic carbocycles. The Labute approximate surface area is 102 Å². The van der Waals surface area contributed by atoms with Crippen LogP contribution in [0.2, 0.25) is 0 Å². The van der Waals surface area contributed by atoms with E-state index >= 15 is 0 Å². The third kappa shape index (κ3) is 1.55. The lowest BCUT2D eigenvalue weighted by molar-refractivity contribution is 0.558. The predicted octanol–water partition coefficient (Wildman–Crippen LogP) is 2.93. The van der Waals surface area contributed by atoms with Crippen LogP contribution in [0.15, 0.2) is 36.5 Å². The molecule has 0 aliphatic heterocycles. The van der Waals surface area contributed by atoms with E-state index in [0.717, 1.165) is 12.1 Å². The summed E-state index contributed by atoms with van der Waals surface area (Å²) >= 11 is 0. The van der Waals surface area contributed by atoms with Crippen LogP contribution in [0.4, 0.5) is 0 Å². The first kappa shape index (κ1) is 10.7. The molecule has 17 heavy (non-hydrogen) atoms. The van der Waals surface area contributed by atoms with Crippen LogP contribution >= 0.6 is 0 Å². The van der Waals surface area contributed by atoms with Gasteiger partial charge in [0.2, 0.25) is 0 Å². The summed E-state index contributed by atoms with van der Waals surface area (Å²) in [6, 6.07) is 10.7. The minimum Gasteiger partial charge on any atom is -0.330 e. The number of rotatable bonds is 2. The van der Waals surface area contributed by atoms with Crippen molar-refractivity contribution in [2.24, 2.45) is 17.1 Å². The lowest BCUT2D eigenvalue weighted by atomic mass is 10.0. The number of benzene rings is 1. The molecule has 1 heterocycles. The Kier molecular flexibility index (Phi) is 2.23. The van der Waals surface area contributed by atoms with E-state index in [9.17, 15) is 0 Å². The van der Waals surface area contributed by atoms with Gasteiger partial charge in [-0.15, -0.1) is 0 Å². The largest absolute Gasteiger partial charge is 0.330 e. The maximum Gasteiger partial charge on any atom is 0.0702 e. The van der Waals surface area contributed by atoms with Crippen LogP contribution in [-0.4, -0.2) is 11.5 Å². The van der Waals surface area contributed by atoms with E-state index in [4.69, 9.17) is 5.73 Å². The Balaban J connectivity index is 2.03. The smallest absolute Gasteiger partial charge is 0.0702 e. The molecule has 0 saturated heterocycles. The summed E-state index contributed by atoms with van der Waals surface area (Å²) in [5, 5.41) is 1.23. The molecule has 2 aromatic rings. The number of pyridine rings is 1. The van der Waals surface area contributed by atoms with Gasteiger partial charge in [-0.1, -0.05) is 26.0 Å². The summed E-state index contributed by atoms with van der Waals surface area (Å²) in [5.41, 5.74) is 8.67. The number of nitrogens with two attached hydrogens (primary N) is 1. The second-order valence-electron chi connectivity index (χ2n) is 5.60. The molecule has 0 unspecified atom stereocenters. The topological polar surface area (TPSA) is 38.9 Å². The highest BCUT2D eigenvalue weighted by Crippen LogP contribution is 2.63. The molecule has 2 nitrogen and oxygen atoms in total. The van der Waals surface area contributed by atoms with Crippen LogP contribution in [-0.2, 0) is 0 Å². The van der Waals surface area contributed by atoms with Crippen molar-refractivity contribution in [1.82, 2.24) is 4.98 Å². The van der Waals surface area contributed by atoms with Crippen LogP contribution in [0.3, 0.4) is 0 Å². The maximum absolute atomic E-state index is 5.84. The van der Waals surface area contributed by atoms with Crippen molar-refractivity contribution in [3.8, 4) is 0 Å². The normalized spacial score (nSPS) is 26.1. The zero-order valence-electron chi connectivity index (χ0n) is 10.4. The minimum absolute atomic E-state index is 0.352. The first-order valence-electron chi connectivity index (χ1n) is 6.19. The van der Waals surface area contributed by atoms with E-state index in [1.54, 1.807) is 0 Å². The van der Waals surface area contributed by atoms with Gasteiger partial charge in [-0.2, -0.15) is 0 Å². The van der Waals surface area contributed by atoms with Crippen LogP contribution in [0.25, 0.3) is 10.9 Å². The highest BCUT2D eigenvalue weighted by Gasteiger charge is 2.57. The first-order valence-corrected chi connectivity index (χ1v) is 6.19. The number of hydrogen-bond donors (Lipinski definition) is 1. The Morgan fingerprint density at radius 2 is 2.12 bits per heavy atom. The molecule has 3 rings (SSSR count). The fourth-order valence-corrected chi connectivity index (χ4v) is 3.13. The molecule has 1 saturated carbocycles. The molecule has 0 radical (unpaired) electrons. The molecular formula is C15H18N2. The predicted molar refractivity (Wildman–Crippen MR) is 70.8 cm³/mol. The first-order chi connectivity index (χ1) is 8.14. The van der Waals surface area contributed by atoms with Crippen molar-refractivity contribution in [3.63, 3.8) is 0 Å². The van der Waals surface area contributed by atoms with Crippen molar-refractivity contribution < 1.29 is 0 Å². The fraction of sp³-hybridized carbons (Fsp3) is 0.400. The van der Waals surface area contributed by atoms with Crippen molar-refractivity contribution in [1.29, 1.82) is 0 Å². The minimum atomic E-state index is 0.352. The monoisotopic (exact) mass is 226 g/mol. The lowest BCUT2D eigenvalue weighted by Gasteiger charge is -2.04. The van der Waals surface area contributed by atoms with E-state index in [0.29, 0.717) is 17.3 Å². The molecule has 0 amide bonds. The second-order valence-corrected chi connectivity index (χ2v) is 5.60. The van der Waals surface area contributed by atoms with Gasteiger partial charge in [-0.3, -0.25) is 4.98 Å². The van der Waals surface area contributed by atoms with Gasteiger partial charge in [0.05, 0.1) is 5.52 Å². The average molecular weight is 226 g/mol. The van der Waals surface area contributed by atoms with E-state index < -0.39 is 0 Å². The third-order valence-corrected chi connectivity index (χ3v) is 4.29. The average Bonchev–Trinajstić information content (AvgIpc) is 2.90. The number of nitrogens with zero attached hydrogens (tertiary/aromatic N) is 1. The zero-order chi connectivity index (χ0) is 12.0. The van der Waals surface area contributed by atoms with Gasteiger partial charge in [-0.25, -0.2) is 0 Å².